The van der Waals surface area contributed by atoms with Crippen molar-refractivity contribution in [2.75, 3.05) is 0 Å². The first kappa shape index (κ1) is 16.8. The zero-order valence-corrected chi connectivity index (χ0v) is 15.3. The molecule has 0 bridgehead atoms. The first-order valence-corrected chi connectivity index (χ1v) is 8.95. The van der Waals surface area contributed by atoms with E-state index in [0.717, 1.165) is 40.8 Å². The average Bonchev–Trinajstić information content (AvgIpc) is 3.25. The number of H-pyrrole nitrogens is 1. The fourth-order valence-corrected chi connectivity index (χ4v) is 3.32. The minimum absolute atomic E-state index is 0.0633. The van der Waals surface area contributed by atoms with E-state index in [4.69, 9.17) is 0 Å². The largest absolute Gasteiger partial charge is 0.481 e. The van der Waals surface area contributed by atoms with E-state index < -0.39 is 11.4 Å². The highest BCUT2D eigenvalue weighted by Crippen LogP contribution is 2.48. The summed E-state index contributed by atoms with van der Waals surface area (Å²) < 4.78 is 0. The minimum atomic E-state index is -0.711. The van der Waals surface area contributed by atoms with Crippen molar-refractivity contribution in [1.82, 2.24) is 15.0 Å². The molecule has 0 aliphatic heterocycles. The maximum Gasteiger partial charge on any atom is 0.310 e. The number of fused-ring (bicyclic) bond motifs is 1. The van der Waals surface area contributed by atoms with Crippen LogP contribution in [0.1, 0.15) is 44.9 Å². The molecular weight excluding hydrogens is 326 g/mol. The van der Waals surface area contributed by atoms with Crippen molar-refractivity contribution < 1.29 is 9.90 Å². The summed E-state index contributed by atoms with van der Waals surface area (Å²) in [5.41, 5.74) is 4.32. The van der Waals surface area contributed by atoms with E-state index in [2.05, 4.69) is 47.9 Å². The molecule has 0 radical (unpaired) electrons. The van der Waals surface area contributed by atoms with Crippen LogP contribution >= 0.6 is 0 Å². The maximum atomic E-state index is 11.4. The molecule has 1 saturated carbocycles. The van der Waals surface area contributed by atoms with Crippen molar-refractivity contribution in [1.29, 1.82) is 0 Å². The predicted octanol–water partition coefficient (Wildman–Crippen LogP) is 4.33. The average molecular weight is 349 g/mol. The highest BCUT2D eigenvalue weighted by molar-refractivity contribution is 5.85. The van der Waals surface area contributed by atoms with Gasteiger partial charge in [0.15, 0.2) is 0 Å². The normalized spacial score (nSPS) is 16.0. The van der Waals surface area contributed by atoms with Gasteiger partial charge in [-0.25, -0.2) is 0 Å². The van der Waals surface area contributed by atoms with Crippen LogP contribution in [0.5, 0.6) is 0 Å². The minimum Gasteiger partial charge on any atom is -0.481 e. The van der Waals surface area contributed by atoms with Crippen LogP contribution in [0.15, 0.2) is 36.7 Å². The lowest BCUT2D eigenvalue weighted by molar-refractivity contribution is -0.143. The highest BCUT2D eigenvalue weighted by Gasteiger charge is 2.50. The van der Waals surface area contributed by atoms with Gasteiger partial charge in [0.1, 0.15) is 0 Å². The zero-order chi connectivity index (χ0) is 18.5. The SMILES string of the molecule is CC(C)(C)c1ccnc(-c2cc3cc(CC4(C(=O)O)CC4)ncc3[nH]2)c1. The van der Waals surface area contributed by atoms with Gasteiger partial charge in [-0.15, -0.1) is 0 Å². The van der Waals surface area contributed by atoms with Gasteiger partial charge >= 0.3 is 5.97 Å². The molecule has 5 heteroatoms. The van der Waals surface area contributed by atoms with E-state index in [1.165, 1.54) is 5.56 Å². The fraction of sp³-hybridized carbons (Fsp3) is 0.381. The Morgan fingerprint density at radius 3 is 2.65 bits per heavy atom. The maximum absolute atomic E-state index is 11.4. The highest BCUT2D eigenvalue weighted by atomic mass is 16.4. The van der Waals surface area contributed by atoms with Gasteiger partial charge in [-0.1, -0.05) is 20.8 Å². The molecule has 4 rings (SSSR count). The number of aliphatic carboxylic acids is 1. The Labute approximate surface area is 152 Å². The van der Waals surface area contributed by atoms with Crippen molar-refractivity contribution in [3.05, 3.63) is 47.9 Å². The standard InChI is InChI=1S/C21H23N3O2/c1-20(2,3)14-4-7-22-16(10-14)17-9-13-8-15(23-12-18(13)24-17)11-21(5-6-21)19(25)26/h4,7-10,12,24H,5-6,11H2,1-3H3,(H,25,26). The van der Waals surface area contributed by atoms with E-state index in [-0.39, 0.29) is 5.41 Å². The topological polar surface area (TPSA) is 78.9 Å². The molecule has 0 atom stereocenters. The van der Waals surface area contributed by atoms with Gasteiger partial charge in [-0.05, 0) is 48.1 Å². The monoisotopic (exact) mass is 349 g/mol. The van der Waals surface area contributed by atoms with Crippen LogP contribution in [0.4, 0.5) is 0 Å². The second-order valence-corrected chi connectivity index (χ2v) is 8.39. The van der Waals surface area contributed by atoms with Crippen molar-refractivity contribution in [3.8, 4) is 11.4 Å². The number of carbonyl (C=O) groups is 1. The van der Waals surface area contributed by atoms with Gasteiger partial charge in [0.25, 0.3) is 0 Å². The van der Waals surface area contributed by atoms with Gasteiger partial charge < -0.3 is 10.1 Å². The van der Waals surface area contributed by atoms with Gasteiger partial charge in [-0.3, -0.25) is 14.8 Å². The lowest BCUT2D eigenvalue weighted by Crippen LogP contribution is -2.18. The third-order valence-electron chi connectivity index (χ3n) is 5.29. The Kier molecular flexibility index (Phi) is 3.65. The molecule has 0 saturated heterocycles. The van der Waals surface area contributed by atoms with Crippen molar-refractivity contribution in [2.24, 2.45) is 5.41 Å². The van der Waals surface area contributed by atoms with Crippen LogP contribution in [0.2, 0.25) is 0 Å². The van der Waals surface area contributed by atoms with Gasteiger partial charge in [0, 0.05) is 23.7 Å². The molecule has 2 N–H and O–H groups in total. The summed E-state index contributed by atoms with van der Waals surface area (Å²) in [6.45, 7) is 6.55. The molecule has 0 spiro atoms. The third-order valence-corrected chi connectivity index (χ3v) is 5.29. The summed E-state index contributed by atoms with van der Waals surface area (Å²) in [7, 11) is 0. The lowest BCUT2D eigenvalue weighted by Gasteiger charge is -2.19. The number of carboxylic acids is 1. The number of pyridine rings is 2. The number of hydrogen-bond acceptors (Lipinski definition) is 3. The van der Waals surface area contributed by atoms with Crippen LogP contribution < -0.4 is 0 Å². The van der Waals surface area contributed by atoms with E-state index in [1.807, 2.05) is 18.3 Å². The number of hydrogen-bond donors (Lipinski definition) is 2. The Bertz CT molecular complexity index is 994. The smallest absolute Gasteiger partial charge is 0.310 e. The molecule has 0 amide bonds. The van der Waals surface area contributed by atoms with E-state index in [0.29, 0.717) is 6.42 Å². The molecule has 3 aromatic heterocycles. The Morgan fingerprint density at radius 2 is 2.00 bits per heavy atom. The van der Waals surface area contributed by atoms with E-state index in [9.17, 15) is 9.90 Å². The Hall–Kier alpha value is -2.69. The zero-order valence-electron chi connectivity index (χ0n) is 15.3. The van der Waals surface area contributed by atoms with Crippen molar-refractivity contribution in [3.63, 3.8) is 0 Å². The number of nitrogens with one attached hydrogen (secondary N) is 1. The molecule has 3 aromatic rings. The molecule has 5 nitrogen and oxygen atoms in total. The second kappa shape index (κ2) is 5.66. The van der Waals surface area contributed by atoms with Crippen LogP contribution in [-0.2, 0) is 16.6 Å². The Balaban J connectivity index is 1.67. The molecule has 134 valence electrons. The Morgan fingerprint density at radius 1 is 1.23 bits per heavy atom. The molecule has 1 aliphatic carbocycles. The molecule has 1 fully saturated rings. The first-order valence-electron chi connectivity index (χ1n) is 8.95. The summed E-state index contributed by atoms with van der Waals surface area (Å²) in [4.78, 5) is 23.8. The molecule has 0 unspecified atom stereocenters. The summed E-state index contributed by atoms with van der Waals surface area (Å²) in [6, 6.07) is 8.22. The quantitative estimate of drug-likeness (QED) is 0.735. The number of carboxylic acid groups (broad SMARTS) is 1. The number of aromatic amines is 1. The molecule has 26 heavy (non-hydrogen) atoms. The van der Waals surface area contributed by atoms with Crippen LogP contribution in [0.3, 0.4) is 0 Å². The van der Waals surface area contributed by atoms with Crippen molar-refractivity contribution in [2.45, 2.75) is 45.4 Å². The van der Waals surface area contributed by atoms with Gasteiger partial charge in [-0.2, -0.15) is 0 Å². The molecule has 0 aromatic carbocycles. The van der Waals surface area contributed by atoms with E-state index >= 15 is 0 Å². The molecule has 1 aliphatic rings. The van der Waals surface area contributed by atoms with Crippen LogP contribution in [0, 0.1) is 5.41 Å². The first-order chi connectivity index (χ1) is 12.3. The van der Waals surface area contributed by atoms with Crippen LogP contribution in [0.25, 0.3) is 22.3 Å². The van der Waals surface area contributed by atoms with Crippen molar-refractivity contribution >= 4 is 16.9 Å². The summed E-state index contributed by atoms with van der Waals surface area (Å²) in [5, 5.41) is 10.4. The fourth-order valence-electron chi connectivity index (χ4n) is 3.32. The van der Waals surface area contributed by atoms with E-state index in [1.54, 1.807) is 6.20 Å². The van der Waals surface area contributed by atoms with Gasteiger partial charge in [0.05, 0.1) is 28.5 Å². The van der Waals surface area contributed by atoms with Gasteiger partial charge in [0.2, 0.25) is 0 Å². The number of nitrogens with zero attached hydrogens (tertiary/aromatic N) is 2. The summed E-state index contributed by atoms with van der Waals surface area (Å²) in [5.74, 6) is -0.711. The van der Waals surface area contributed by atoms with Crippen LogP contribution in [-0.4, -0.2) is 26.0 Å². The predicted molar refractivity (Wildman–Crippen MR) is 101 cm³/mol. The number of rotatable bonds is 4. The summed E-state index contributed by atoms with van der Waals surface area (Å²) >= 11 is 0. The third kappa shape index (κ3) is 2.98. The molecular formula is C21H23N3O2. The second-order valence-electron chi connectivity index (χ2n) is 8.39. The lowest BCUT2D eigenvalue weighted by atomic mass is 9.87. The number of aromatic nitrogens is 3. The molecule has 3 heterocycles. The summed E-state index contributed by atoms with van der Waals surface area (Å²) in [6.07, 6.45) is 5.61.